The Morgan fingerprint density at radius 1 is 1.23 bits per heavy atom. The van der Waals surface area contributed by atoms with E-state index < -0.39 is 17.3 Å². The predicted molar refractivity (Wildman–Crippen MR) is 156 cm³/mol. The molecule has 2 N–H and O–H groups in total. The molecule has 2 aliphatic heterocycles. The number of nitriles is 1. The van der Waals surface area contributed by atoms with Gasteiger partial charge >= 0.3 is 12.3 Å². The van der Waals surface area contributed by atoms with E-state index in [0.717, 1.165) is 31.4 Å². The van der Waals surface area contributed by atoms with Crippen LogP contribution in [0.15, 0.2) is 40.5 Å². The monoisotopic (exact) mass is 596 g/mol. The molecule has 1 amide bonds. The van der Waals surface area contributed by atoms with Gasteiger partial charge in [-0.05, 0) is 89.3 Å². The highest BCUT2D eigenvalue weighted by Crippen LogP contribution is 2.56. The van der Waals surface area contributed by atoms with Gasteiger partial charge < -0.3 is 15.4 Å². The van der Waals surface area contributed by atoms with Gasteiger partial charge in [0.15, 0.2) is 0 Å². The molecule has 1 spiro atoms. The number of alkyl halides is 3. The quantitative estimate of drug-likeness (QED) is 0.455. The van der Waals surface area contributed by atoms with Crippen molar-refractivity contribution >= 4 is 11.8 Å². The average molecular weight is 597 g/mol. The van der Waals surface area contributed by atoms with E-state index in [1.54, 1.807) is 15.6 Å². The lowest BCUT2D eigenvalue weighted by atomic mass is 9.56. The number of halogens is 3. The largest absolute Gasteiger partial charge is 0.444 e. The third-order valence-corrected chi connectivity index (χ3v) is 9.00. The molecular formula is C32H39F3N6O2. The number of aliphatic imine (C=N–C) groups is 1. The highest BCUT2D eigenvalue weighted by atomic mass is 19.4. The molecule has 11 heteroatoms. The van der Waals surface area contributed by atoms with Gasteiger partial charge in [0.05, 0.1) is 29.1 Å². The number of nitrogens with zero attached hydrogens (tertiary/aromatic N) is 5. The van der Waals surface area contributed by atoms with E-state index >= 15 is 0 Å². The summed E-state index contributed by atoms with van der Waals surface area (Å²) in [6.45, 7) is 11.2. The smallest absolute Gasteiger partial charge is 0.416 e. The first-order valence-electron chi connectivity index (χ1n) is 14.7. The first-order valence-corrected chi connectivity index (χ1v) is 14.7. The Balaban J connectivity index is 1.33. The normalized spacial score (nSPS) is 24.4. The Labute approximate surface area is 250 Å². The molecule has 1 aromatic heterocycles. The van der Waals surface area contributed by atoms with Crippen LogP contribution in [0.3, 0.4) is 0 Å². The number of ether oxygens (including phenoxy) is 1. The number of amides is 1. The number of allylic oxidation sites excluding steroid dienone is 2. The topological polar surface area (TPSA) is 110 Å². The van der Waals surface area contributed by atoms with Gasteiger partial charge in [-0.25, -0.2) is 4.79 Å². The van der Waals surface area contributed by atoms with Gasteiger partial charge in [-0.1, -0.05) is 12.1 Å². The van der Waals surface area contributed by atoms with Crippen LogP contribution in [0.2, 0.25) is 0 Å². The van der Waals surface area contributed by atoms with Gasteiger partial charge in [0.1, 0.15) is 11.7 Å². The Bertz CT molecular complexity index is 1520. The predicted octanol–water partition coefficient (Wildman–Crippen LogP) is 6.15. The second-order valence-electron chi connectivity index (χ2n) is 13.3. The van der Waals surface area contributed by atoms with Crippen molar-refractivity contribution in [3.05, 3.63) is 63.6 Å². The number of benzene rings is 1. The maximum atomic E-state index is 13.3. The highest BCUT2D eigenvalue weighted by Gasteiger charge is 2.52. The molecule has 5 rings (SSSR count). The standard InChI is InChI=1S/C32H39F3N6O2/c1-19-26(20(2)41(39-19)17-21-7-6-8-23(13-21)32(33,34)35)28-25(16-36)27(37)24(9-11-38-28)22-14-31(15-22)10-12-40(18-31)29(42)43-30(3,4)5/h6-8,13,22,24H,9-12,14-15,17-18,37H2,1-5H3. The van der Waals surface area contributed by atoms with Gasteiger partial charge in [0.2, 0.25) is 0 Å². The van der Waals surface area contributed by atoms with Crippen molar-refractivity contribution in [3.8, 4) is 6.07 Å². The Hall–Kier alpha value is -3.81. The summed E-state index contributed by atoms with van der Waals surface area (Å²) in [6.07, 6.45) is -1.20. The summed E-state index contributed by atoms with van der Waals surface area (Å²) in [6, 6.07) is 7.52. The van der Waals surface area contributed by atoms with Crippen LogP contribution in [0.4, 0.5) is 18.0 Å². The van der Waals surface area contributed by atoms with Crippen LogP contribution in [-0.4, -0.2) is 51.7 Å². The van der Waals surface area contributed by atoms with Gasteiger partial charge in [-0.3, -0.25) is 9.67 Å². The molecule has 2 aromatic rings. The second kappa shape index (κ2) is 11.0. The maximum absolute atomic E-state index is 13.3. The van der Waals surface area contributed by atoms with Gasteiger partial charge in [0.25, 0.3) is 0 Å². The number of likely N-dealkylation sites (tertiary alicyclic amines) is 1. The maximum Gasteiger partial charge on any atom is 0.416 e. The molecule has 1 atom stereocenters. The van der Waals surface area contributed by atoms with E-state index in [-0.39, 0.29) is 24.0 Å². The van der Waals surface area contributed by atoms with Crippen molar-refractivity contribution in [2.24, 2.45) is 28.0 Å². The molecule has 230 valence electrons. The van der Waals surface area contributed by atoms with Crippen LogP contribution in [-0.2, 0) is 17.5 Å². The first kappa shape index (κ1) is 30.6. The lowest BCUT2D eigenvalue weighted by molar-refractivity contribution is -0.137. The molecule has 3 aliphatic rings. The fourth-order valence-electron chi connectivity index (χ4n) is 6.98. The molecule has 2 fully saturated rings. The van der Waals surface area contributed by atoms with E-state index in [1.165, 1.54) is 6.07 Å². The zero-order chi connectivity index (χ0) is 31.3. The van der Waals surface area contributed by atoms with Crippen molar-refractivity contribution < 1.29 is 22.7 Å². The minimum atomic E-state index is -4.43. The molecule has 0 radical (unpaired) electrons. The number of aromatic nitrogens is 2. The minimum Gasteiger partial charge on any atom is -0.444 e. The van der Waals surface area contributed by atoms with E-state index in [1.807, 2.05) is 34.6 Å². The van der Waals surface area contributed by atoms with Crippen LogP contribution >= 0.6 is 0 Å². The molecule has 1 aromatic carbocycles. The van der Waals surface area contributed by atoms with Crippen LogP contribution < -0.4 is 5.73 Å². The van der Waals surface area contributed by atoms with Crippen molar-refractivity contribution in [2.45, 2.75) is 78.6 Å². The third kappa shape index (κ3) is 6.15. The van der Waals surface area contributed by atoms with Crippen LogP contribution in [0.5, 0.6) is 0 Å². The number of hydrogen-bond donors (Lipinski definition) is 1. The van der Waals surface area contributed by atoms with Crippen LogP contribution in [0.25, 0.3) is 0 Å². The zero-order valence-corrected chi connectivity index (χ0v) is 25.4. The number of aryl methyl sites for hydroxylation is 1. The lowest BCUT2D eigenvalue weighted by Gasteiger charge is -2.48. The molecule has 8 nitrogen and oxygen atoms in total. The van der Waals surface area contributed by atoms with Crippen molar-refractivity contribution in [1.29, 1.82) is 5.26 Å². The van der Waals surface area contributed by atoms with Crippen LogP contribution in [0, 0.1) is 42.4 Å². The number of nitrogens with two attached hydrogens (primary N) is 1. The average Bonchev–Trinajstić information content (AvgIpc) is 3.41. The van der Waals surface area contributed by atoms with Crippen LogP contribution in [0.1, 0.15) is 74.5 Å². The molecule has 1 unspecified atom stereocenters. The SMILES string of the molecule is Cc1nn(Cc2cccc(C(F)(F)F)c2)c(C)c1C1=NCCC(C2CC3(CCN(C(=O)OC(C)(C)C)C3)C2)C(N)=C1C#N. The van der Waals surface area contributed by atoms with Gasteiger partial charge in [-0.15, -0.1) is 0 Å². The molecule has 43 heavy (non-hydrogen) atoms. The Morgan fingerprint density at radius 2 is 1.95 bits per heavy atom. The first-order chi connectivity index (χ1) is 20.1. The van der Waals surface area contributed by atoms with Crippen molar-refractivity contribution in [1.82, 2.24) is 14.7 Å². The number of rotatable bonds is 4. The summed E-state index contributed by atoms with van der Waals surface area (Å²) in [4.78, 5) is 19.2. The van der Waals surface area contributed by atoms with Gasteiger partial charge in [0, 0.05) is 42.5 Å². The number of hydrogen-bond acceptors (Lipinski definition) is 6. The summed E-state index contributed by atoms with van der Waals surface area (Å²) >= 11 is 0. The summed E-state index contributed by atoms with van der Waals surface area (Å²) in [5, 5.41) is 14.9. The summed E-state index contributed by atoms with van der Waals surface area (Å²) in [7, 11) is 0. The molecule has 3 heterocycles. The number of carbonyl (C=O) groups excluding carboxylic acids is 1. The molecule has 0 bridgehead atoms. The van der Waals surface area contributed by atoms with E-state index in [9.17, 15) is 23.2 Å². The molecule has 1 saturated heterocycles. The second-order valence-corrected chi connectivity index (χ2v) is 13.3. The number of carbonyl (C=O) groups is 1. The molecule has 1 aliphatic carbocycles. The Kier molecular flexibility index (Phi) is 7.86. The summed E-state index contributed by atoms with van der Waals surface area (Å²) < 4.78 is 47.0. The van der Waals surface area contributed by atoms with Gasteiger partial charge in [-0.2, -0.15) is 23.5 Å². The minimum absolute atomic E-state index is 0.00197. The summed E-state index contributed by atoms with van der Waals surface area (Å²) in [5.41, 5.74) is 9.46. The van der Waals surface area contributed by atoms with E-state index in [4.69, 9.17) is 15.5 Å². The zero-order valence-electron chi connectivity index (χ0n) is 25.4. The summed E-state index contributed by atoms with van der Waals surface area (Å²) in [5.74, 6) is 0.292. The third-order valence-electron chi connectivity index (χ3n) is 9.00. The van der Waals surface area contributed by atoms with Crippen molar-refractivity contribution in [2.75, 3.05) is 19.6 Å². The highest BCUT2D eigenvalue weighted by molar-refractivity contribution is 6.16. The Morgan fingerprint density at radius 3 is 2.60 bits per heavy atom. The van der Waals surface area contributed by atoms with E-state index in [2.05, 4.69) is 11.2 Å². The lowest BCUT2D eigenvalue weighted by Crippen LogP contribution is -2.45. The fourth-order valence-corrected chi connectivity index (χ4v) is 6.98. The van der Waals surface area contributed by atoms with E-state index in [0.29, 0.717) is 71.5 Å². The molecule has 1 saturated carbocycles. The molecular weight excluding hydrogens is 557 g/mol. The fraction of sp³-hybridized carbons (Fsp3) is 0.562. The van der Waals surface area contributed by atoms with Crippen molar-refractivity contribution in [3.63, 3.8) is 0 Å².